The van der Waals surface area contributed by atoms with E-state index in [9.17, 15) is 4.79 Å². The average molecular weight is 234 g/mol. The van der Waals surface area contributed by atoms with Crippen molar-refractivity contribution in [3.8, 4) is 0 Å². The Hall–Kier alpha value is -1.35. The van der Waals surface area contributed by atoms with Gasteiger partial charge in [-0.15, -0.1) is 0 Å². The van der Waals surface area contributed by atoms with Crippen LogP contribution in [0, 0.1) is 12.8 Å². The standard InChI is InChI=1S/C14H22N2O/c1-10(2)13(15)8-14(17)16-9-12-6-4-5-11(3)7-12/h4-7,10,13H,8-9,15H2,1-3H3,(H,16,17). The fraction of sp³-hybridized carbons (Fsp3) is 0.500. The first-order valence-corrected chi connectivity index (χ1v) is 6.07. The molecule has 0 saturated carbocycles. The van der Waals surface area contributed by atoms with Crippen LogP contribution < -0.4 is 11.1 Å². The van der Waals surface area contributed by atoms with Crippen molar-refractivity contribution in [2.24, 2.45) is 11.7 Å². The van der Waals surface area contributed by atoms with E-state index in [1.807, 2.05) is 39.0 Å². The van der Waals surface area contributed by atoms with Crippen molar-refractivity contribution in [3.05, 3.63) is 35.4 Å². The maximum absolute atomic E-state index is 11.6. The number of nitrogens with two attached hydrogens (primary N) is 1. The van der Waals surface area contributed by atoms with E-state index in [2.05, 4.69) is 11.4 Å². The fourth-order valence-corrected chi connectivity index (χ4v) is 1.54. The third-order valence-corrected chi connectivity index (χ3v) is 2.85. The lowest BCUT2D eigenvalue weighted by molar-refractivity contribution is -0.121. The van der Waals surface area contributed by atoms with E-state index in [0.717, 1.165) is 5.56 Å². The molecule has 0 heterocycles. The van der Waals surface area contributed by atoms with Gasteiger partial charge in [-0.2, -0.15) is 0 Å². The van der Waals surface area contributed by atoms with Crippen molar-refractivity contribution in [2.45, 2.75) is 39.8 Å². The number of benzene rings is 1. The maximum Gasteiger partial charge on any atom is 0.221 e. The number of amides is 1. The summed E-state index contributed by atoms with van der Waals surface area (Å²) in [5.41, 5.74) is 8.18. The Kier molecular flexibility index (Phi) is 5.16. The molecule has 1 aromatic rings. The Morgan fingerprint density at radius 3 is 2.71 bits per heavy atom. The second-order valence-electron chi connectivity index (χ2n) is 4.88. The highest BCUT2D eigenvalue weighted by atomic mass is 16.1. The first kappa shape index (κ1) is 13.7. The lowest BCUT2D eigenvalue weighted by Crippen LogP contribution is -2.34. The Morgan fingerprint density at radius 1 is 1.41 bits per heavy atom. The number of carbonyl (C=O) groups is 1. The molecule has 0 aliphatic heterocycles. The van der Waals surface area contributed by atoms with Gasteiger partial charge in [0.25, 0.3) is 0 Å². The number of rotatable bonds is 5. The maximum atomic E-state index is 11.6. The SMILES string of the molecule is Cc1cccc(CNC(=O)CC(N)C(C)C)c1. The molecule has 0 aliphatic carbocycles. The lowest BCUT2D eigenvalue weighted by Gasteiger charge is -2.15. The zero-order chi connectivity index (χ0) is 12.8. The van der Waals surface area contributed by atoms with Crippen LogP contribution in [-0.2, 0) is 11.3 Å². The molecule has 1 atom stereocenters. The molecule has 1 amide bonds. The van der Waals surface area contributed by atoms with Gasteiger partial charge in [-0.3, -0.25) is 4.79 Å². The predicted molar refractivity (Wildman–Crippen MR) is 70.5 cm³/mol. The van der Waals surface area contributed by atoms with Gasteiger partial charge in [0.1, 0.15) is 0 Å². The first-order chi connectivity index (χ1) is 7.99. The molecule has 0 saturated heterocycles. The monoisotopic (exact) mass is 234 g/mol. The van der Waals surface area contributed by atoms with Gasteiger partial charge in [0, 0.05) is 19.0 Å². The van der Waals surface area contributed by atoms with Crippen LogP contribution in [0.3, 0.4) is 0 Å². The smallest absolute Gasteiger partial charge is 0.221 e. The summed E-state index contributed by atoms with van der Waals surface area (Å²) in [6.45, 7) is 6.67. The number of nitrogens with one attached hydrogen (secondary N) is 1. The Bertz CT molecular complexity index is 374. The highest BCUT2D eigenvalue weighted by Gasteiger charge is 2.12. The highest BCUT2D eigenvalue weighted by molar-refractivity contribution is 5.76. The summed E-state index contributed by atoms with van der Waals surface area (Å²) in [5.74, 6) is 0.354. The van der Waals surface area contributed by atoms with Gasteiger partial charge in [0.05, 0.1) is 0 Å². The van der Waals surface area contributed by atoms with Crippen LogP contribution >= 0.6 is 0 Å². The third-order valence-electron chi connectivity index (χ3n) is 2.85. The molecule has 17 heavy (non-hydrogen) atoms. The normalized spacial score (nSPS) is 12.5. The van der Waals surface area contributed by atoms with Crippen LogP contribution in [-0.4, -0.2) is 11.9 Å². The Balaban J connectivity index is 2.38. The number of hydrogen-bond donors (Lipinski definition) is 2. The van der Waals surface area contributed by atoms with Gasteiger partial charge in [-0.1, -0.05) is 43.7 Å². The molecule has 3 N–H and O–H groups in total. The molecule has 0 bridgehead atoms. The lowest BCUT2D eigenvalue weighted by atomic mass is 10.0. The van der Waals surface area contributed by atoms with E-state index in [0.29, 0.717) is 18.9 Å². The van der Waals surface area contributed by atoms with Crippen LogP contribution in [0.5, 0.6) is 0 Å². The van der Waals surface area contributed by atoms with Gasteiger partial charge < -0.3 is 11.1 Å². The van der Waals surface area contributed by atoms with Gasteiger partial charge in [0.15, 0.2) is 0 Å². The summed E-state index contributed by atoms with van der Waals surface area (Å²) in [6.07, 6.45) is 0.392. The van der Waals surface area contributed by atoms with Crippen LogP contribution in [0.1, 0.15) is 31.4 Å². The van der Waals surface area contributed by atoms with Gasteiger partial charge in [-0.05, 0) is 18.4 Å². The molecule has 1 aromatic carbocycles. The molecular weight excluding hydrogens is 212 g/mol. The molecule has 1 unspecified atom stereocenters. The molecular formula is C14H22N2O. The Labute approximate surface area is 103 Å². The molecule has 0 aliphatic rings. The summed E-state index contributed by atoms with van der Waals surface area (Å²) < 4.78 is 0. The Morgan fingerprint density at radius 2 is 2.12 bits per heavy atom. The topological polar surface area (TPSA) is 55.1 Å². The minimum absolute atomic E-state index is 0.0210. The minimum Gasteiger partial charge on any atom is -0.352 e. The molecule has 0 fully saturated rings. The molecule has 3 nitrogen and oxygen atoms in total. The zero-order valence-corrected chi connectivity index (χ0v) is 10.9. The molecule has 0 spiro atoms. The second kappa shape index (κ2) is 6.40. The largest absolute Gasteiger partial charge is 0.352 e. The van der Waals surface area contributed by atoms with Crippen molar-refractivity contribution in [2.75, 3.05) is 0 Å². The van der Waals surface area contributed by atoms with E-state index < -0.39 is 0 Å². The molecule has 0 radical (unpaired) electrons. The number of aryl methyl sites for hydroxylation is 1. The summed E-state index contributed by atoms with van der Waals surface area (Å²) in [6, 6.07) is 8.06. The van der Waals surface area contributed by atoms with Crippen LogP contribution in [0.4, 0.5) is 0 Å². The first-order valence-electron chi connectivity index (χ1n) is 6.07. The number of hydrogen-bond acceptors (Lipinski definition) is 2. The summed E-state index contributed by atoms with van der Waals surface area (Å²) in [4.78, 5) is 11.6. The predicted octanol–water partition coefficient (Wildman–Crippen LogP) is 1.98. The molecule has 3 heteroatoms. The van der Waals surface area contributed by atoms with E-state index in [1.54, 1.807) is 0 Å². The third kappa shape index (κ3) is 5.00. The van der Waals surface area contributed by atoms with Crippen LogP contribution in [0.15, 0.2) is 24.3 Å². The zero-order valence-electron chi connectivity index (χ0n) is 10.9. The van der Waals surface area contributed by atoms with E-state index in [1.165, 1.54) is 5.56 Å². The minimum atomic E-state index is -0.0625. The average Bonchev–Trinajstić information content (AvgIpc) is 2.26. The van der Waals surface area contributed by atoms with Crippen LogP contribution in [0.25, 0.3) is 0 Å². The summed E-state index contributed by atoms with van der Waals surface area (Å²) in [7, 11) is 0. The van der Waals surface area contributed by atoms with Crippen molar-refractivity contribution in [1.82, 2.24) is 5.32 Å². The fourth-order valence-electron chi connectivity index (χ4n) is 1.54. The quantitative estimate of drug-likeness (QED) is 0.818. The van der Waals surface area contributed by atoms with Crippen LogP contribution in [0.2, 0.25) is 0 Å². The number of carbonyl (C=O) groups excluding carboxylic acids is 1. The van der Waals surface area contributed by atoms with Gasteiger partial charge in [-0.25, -0.2) is 0 Å². The van der Waals surface area contributed by atoms with Crippen molar-refractivity contribution in [1.29, 1.82) is 0 Å². The van der Waals surface area contributed by atoms with E-state index in [-0.39, 0.29) is 11.9 Å². The van der Waals surface area contributed by atoms with E-state index in [4.69, 9.17) is 5.73 Å². The molecule has 1 rings (SSSR count). The molecule has 0 aromatic heterocycles. The van der Waals surface area contributed by atoms with Gasteiger partial charge in [0.2, 0.25) is 5.91 Å². The highest BCUT2D eigenvalue weighted by Crippen LogP contribution is 2.05. The summed E-state index contributed by atoms with van der Waals surface area (Å²) >= 11 is 0. The molecule has 94 valence electrons. The van der Waals surface area contributed by atoms with Crippen molar-refractivity contribution < 1.29 is 4.79 Å². The van der Waals surface area contributed by atoms with Crippen molar-refractivity contribution in [3.63, 3.8) is 0 Å². The van der Waals surface area contributed by atoms with Crippen molar-refractivity contribution >= 4 is 5.91 Å². The van der Waals surface area contributed by atoms with E-state index >= 15 is 0 Å². The van der Waals surface area contributed by atoms with Gasteiger partial charge >= 0.3 is 0 Å². The second-order valence-corrected chi connectivity index (χ2v) is 4.88. The summed E-state index contributed by atoms with van der Waals surface area (Å²) in [5, 5.41) is 2.89.